The van der Waals surface area contributed by atoms with Gasteiger partial charge in [-0.25, -0.2) is 0 Å². The van der Waals surface area contributed by atoms with E-state index in [1.54, 1.807) is 12.1 Å². The molecule has 0 N–H and O–H groups in total. The average molecular weight is 437 g/mol. The maximum atomic E-state index is 6.74. The molecule has 0 fully saturated rings. The Labute approximate surface area is 169 Å². The van der Waals surface area contributed by atoms with Crippen molar-refractivity contribution >= 4 is 80.4 Å². The molecule has 0 radical (unpaired) electrons. The molecule has 0 heterocycles. The zero-order chi connectivity index (χ0) is 17.3. The predicted molar refractivity (Wildman–Crippen MR) is 105 cm³/mol. The lowest BCUT2D eigenvalue weighted by molar-refractivity contribution is 0.863. The highest BCUT2D eigenvalue weighted by molar-refractivity contribution is 6.56. The van der Waals surface area contributed by atoms with E-state index in [1.165, 1.54) is 0 Å². The van der Waals surface area contributed by atoms with Crippen LogP contribution in [0.5, 0.6) is 0 Å². The average Bonchev–Trinajstić information content (AvgIpc) is 2.54. The van der Waals surface area contributed by atoms with E-state index in [4.69, 9.17) is 69.6 Å². The van der Waals surface area contributed by atoms with E-state index in [-0.39, 0.29) is 0 Å². The zero-order valence-electron chi connectivity index (χ0n) is 11.9. The van der Waals surface area contributed by atoms with Gasteiger partial charge in [-0.1, -0.05) is 93.9 Å². The summed E-state index contributed by atoms with van der Waals surface area (Å²) in [5.41, 5.74) is 2.05. The van der Waals surface area contributed by atoms with Crippen molar-refractivity contribution in [1.82, 2.24) is 0 Å². The lowest BCUT2D eigenvalue weighted by Crippen LogP contribution is -2.31. The van der Waals surface area contributed by atoms with Crippen molar-refractivity contribution in [3.63, 3.8) is 0 Å². The Hall–Kier alpha value is -0.340. The van der Waals surface area contributed by atoms with Gasteiger partial charge in [0.1, 0.15) is 0 Å². The van der Waals surface area contributed by atoms with Gasteiger partial charge >= 0.3 is 0 Å². The number of rotatable bonds is 0. The van der Waals surface area contributed by atoms with Crippen molar-refractivity contribution in [2.24, 2.45) is 0 Å². The molecule has 0 amide bonds. The maximum Gasteiger partial charge on any atom is 0.170 e. The van der Waals surface area contributed by atoms with E-state index >= 15 is 0 Å². The lowest BCUT2D eigenvalue weighted by Gasteiger charge is -2.39. The van der Waals surface area contributed by atoms with E-state index in [0.717, 1.165) is 10.8 Å². The molecule has 122 valence electrons. The van der Waals surface area contributed by atoms with Crippen LogP contribution in [0, 0.1) is 0 Å². The van der Waals surface area contributed by atoms with Gasteiger partial charge < -0.3 is 0 Å². The Morgan fingerprint density at radius 3 is 1.33 bits per heavy atom. The largest absolute Gasteiger partial charge is 0.170 e. The molecule has 0 atom stereocenters. The molecule has 6 heteroatoms. The molecular formula is C18H8Cl6. The number of halogens is 6. The summed E-state index contributed by atoms with van der Waals surface area (Å²) >= 11 is 39.7. The summed E-state index contributed by atoms with van der Waals surface area (Å²) in [4.78, 5) is 0. The van der Waals surface area contributed by atoms with E-state index < -0.39 is 8.67 Å². The smallest absolute Gasteiger partial charge is 0.0908 e. The van der Waals surface area contributed by atoms with E-state index in [1.807, 2.05) is 36.4 Å². The molecular weight excluding hydrogens is 429 g/mol. The molecule has 1 aliphatic rings. The second-order valence-corrected chi connectivity index (χ2v) is 9.14. The molecule has 0 aromatic heterocycles. The standard InChI is InChI=1S/C18H8Cl6/c19-13-5-6-14(20)16-15(13)17(21,22)11-7-9-3-1-2-4-10(9)8-12(11)18(16,23)24/h1-8H. The third-order valence-electron chi connectivity index (χ3n) is 4.29. The second kappa shape index (κ2) is 5.58. The van der Waals surface area contributed by atoms with Gasteiger partial charge in [-0.05, 0) is 46.2 Å². The molecule has 0 unspecified atom stereocenters. The van der Waals surface area contributed by atoms with Gasteiger partial charge in [-0.15, -0.1) is 0 Å². The Balaban J connectivity index is 2.18. The second-order valence-electron chi connectivity index (χ2n) is 5.67. The number of benzene rings is 3. The molecule has 3 aromatic rings. The molecule has 0 saturated heterocycles. The number of fused-ring (bicyclic) bond motifs is 3. The normalized spacial score (nSPS) is 17.4. The highest BCUT2D eigenvalue weighted by Crippen LogP contribution is 2.61. The molecule has 0 nitrogen and oxygen atoms in total. The van der Waals surface area contributed by atoms with Crippen molar-refractivity contribution in [2.75, 3.05) is 0 Å². The minimum absolute atomic E-state index is 0.365. The van der Waals surface area contributed by atoms with Crippen molar-refractivity contribution in [1.29, 1.82) is 0 Å². The summed E-state index contributed by atoms with van der Waals surface area (Å²) in [6.45, 7) is 0. The van der Waals surface area contributed by atoms with Crippen LogP contribution in [0.3, 0.4) is 0 Å². The first-order chi connectivity index (χ1) is 11.2. The monoisotopic (exact) mass is 434 g/mol. The minimum Gasteiger partial charge on any atom is -0.0908 e. The van der Waals surface area contributed by atoms with Crippen molar-refractivity contribution in [3.8, 4) is 0 Å². The number of alkyl halides is 4. The van der Waals surface area contributed by atoms with Crippen LogP contribution in [-0.4, -0.2) is 0 Å². The van der Waals surface area contributed by atoms with Gasteiger partial charge in [0.05, 0.1) is 0 Å². The fraction of sp³-hybridized carbons (Fsp3) is 0.111. The number of hydrogen-bond donors (Lipinski definition) is 0. The first kappa shape index (κ1) is 17.1. The van der Waals surface area contributed by atoms with Gasteiger partial charge in [0, 0.05) is 21.2 Å². The maximum absolute atomic E-state index is 6.74. The lowest BCUT2D eigenvalue weighted by atomic mass is 9.83. The summed E-state index contributed by atoms with van der Waals surface area (Å²) in [5, 5.41) is 2.69. The van der Waals surface area contributed by atoms with Crippen molar-refractivity contribution < 1.29 is 0 Å². The van der Waals surface area contributed by atoms with Crippen LogP contribution in [-0.2, 0) is 8.67 Å². The quantitative estimate of drug-likeness (QED) is 0.315. The highest BCUT2D eigenvalue weighted by atomic mass is 35.5. The fourth-order valence-electron chi connectivity index (χ4n) is 3.19. The van der Waals surface area contributed by atoms with Gasteiger partial charge in [-0.2, -0.15) is 0 Å². The third-order valence-corrected chi connectivity index (χ3v) is 6.49. The van der Waals surface area contributed by atoms with E-state index in [0.29, 0.717) is 32.3 Å². The van der Waals surface area contributed by atoms with Gasteiger partial charge in [0.2, 0.25) is 0 Å². The SMILES string of the molecule is Clc1ccc(Cl)c2c1C(Cl)(Cl)c1cc3ccccc3cc1C2(Cl)Cl. The topological polar surface area (TPSA) is 0 Å². The number of hydrogen-bond acceptors (Lipinski definition) is 0. The van der Waals surface area contributed by atoms with Gasteiger partial charge in [0.25, 0.3) is 0 Å². The fourth-order valence-corrected chi connectivity index (χ4v) is 5.40. The highest BCUT2D eigenvalue weighted by Gasteiger charge is 2.50. The molecule has 0 spiro atoms. The summed E-state index contributed by atoms with van der Waals surface area (Å²) in [6.07, 6.45) is 0. The van der Waals surface area contributed by atoms with Gasteiger partial charge in [-0.3, -0.25) is 0 Å². The van der Waals surface area contributed by atoms with Crippen molar-refractivity contribution in [2.45, 2.75) is 8.67 Å². The minimum atomic E-state index is -1.41. The predicted octanol–water partition coefficient (Wildman–Crippen LogP) is 7.82. The molecule has 0 aliphatic heterocycles. The van der Waals surface area contributed by atoms with Crippen LogP contribution in [0.25, 0.3) is 10.8 Å². The molecule has 1 aliphatic carbocycles. The summed E-state index contributed by atoms with van der Waals surface area (Å²) in [6, 6.07) is 14.9. The van der Waals surface area contributed by atoms with Crippen LogP contribution in [0.15, 0.2) is 48.5 Å². The zero-order valence-corrected chi connectivity index (χ0v) is 16.4. The Kier molecular flexibility index (Phi) is 3.97. The molecule has 24 heavy (non-hydrogen) atoms. The summed E-state index contributed by atoms with van der Waals surface area (Å²) in [7, 11) is 0. The Bertz CT molecular complexity index is 911. The molecule has 0 saturated carbocycles. The van der Waals surface area contributed by atoms with Crippen LogP contribution in [0.4, 0.5) is 0 Å². The van der Waals surface area contributed by atoms with Crippen LogP contribution in [0.2, 0.25) is 10.0 Å². The van der Waals surface area contributed by atoms with Gasteiger partial charge in [0.15, 0.2) is 8.67 Å². The third kappa shape index (κ3) is 2.28. The van der Waals surface area contributed by atoms with Crippen molar-refractivity contribution in [3.05, 3.63) is 80.8 Å². The first-order valence-corrected chi connectivity index (χ1v) is 9.29. The Morgan fingerprint density at radius 2 is 0.958 bits per heavy atom. The Morgan fingerprint density at radius 1 is 0.583 bits per heavy atom. The summed E-state index contributed by atoms with van der Waals surface area (Å²) in [5.74, 6) is 0. The van der Waals surface area contributed by atoms with Crippen LogP contribution >= 0.6 is 69.6 Å². The summed E-state index contributed by atoms with van der Waals surface area (Å²) < 4.78 is -2.83. The van der Waals surface area contributed by atoms with Crippen LogP contribution < -0.4 is 0 Å². The molecule has 0 bridgehead atoms. The first-order valence-electron chi connectivity index (χ1n) is 7.03. The molecule has 4 rings (SSSR count). The van der Waals surface area contributed by atoms with E-state index in [2.05, 4.69) is 0 Å². The van der Waals surface area contributed by atoms with Crippen LogP contribution in [0.1, 0.15) is 22.3 Å². The van der Waals surface area contributed by atoms with E-state index in [9.17, 15) is 0 Å². The molecule has 3 aromatic carbocycles.